The van der Waals surface area contributed by atoms with E-state index < -0.39 is 66.7 Å². The number of hydrogen-bond donors (Lipinski definition) is 5. The summed E-state index contributed by atoms with van der Waals surface area (Å²) in [4.78, 5) is 47.9. The Morgan fingerprint density at radius 3 is 2.62 bits per heavy atom. The summed E-state index contributed by atoms with van der Waals surface area (Å²) in [5.74, 6) is -3.32. The zero-order valence-corrected chi connectivity index (χ0v) is 15.1. The number of rotatable bonds is 6. The first kappa shape index (κ1) is 22.6. The molecular formula is C15H19F3N4O7. The zero-order valence-electron chi connectivity index (χ0n) is 15.1. The van der Waals surface area contributed by atoms with Crippen molar-refractivity contribution in [2.75, 3.05) is 26.3 Å². The molecule has 1 aliphatic heterocycles. The van der Waals surface area contributed by atoms with Crippen LogP contribution in [0.5, 0.6) is 0 Å². The molecule has 0 saturated carbocycles. The van der Waals surface area contributed by atoms with E-state index in [2.05, 4.69) is 10.3 Å². The number of aryl methyl sites for hydroxylation is 1. The molecule has 0 spiro atoms. The largest absolute Gasteiger partial charge is 0.471 e. The van der Waals surface area contributed by atoms with Gasteiger partial charge in [0.1, 0.15) is 11.7 Å². The first-order chi connectivity index (χ1) is 13.4. The van der Waals surface area contributed by atoms with E-state index in [0.717, 1.165) is 4.57 Å². The lowest BCUT2D eigenvalue weighted by atomic mass is 9.94. The second-order valence-corrected chi connectivity index (χ2v) is 6.48. The lowest BCUT2D eigenvalue weighted by Gasteiger charge is -2.31. The summed E-state index contributed by atoms with van der Waals surface area (Å²) in [6.45, 7) is -1.12. The Morgan fingerprint density at radius 1 is 1.38 bits per heavy atom. The van der Waals surface area contributed by atoms with Gasteiger partial charge in [-0.2, -0.15) is 13.2 Å². The van der Waals surface area contributed by atoms with Crippen molar-refractivity contribution >= 4 is 11.8 Å². The van der Waals surface area contributed by atoms with Crippen molar-refractivity contribution in [3.8, 4) is 0 Å². The van der Waals surface area contributed by atoms with E-state index in [1.807, 2.05) is 0 Å². The van der Waals surface area contributed by atoms with Crippen molar-refractivity contribution < 1.29 is 37.7 Å². The monoisotopic (exact) mass is 424 g/mol. The number of halogens is 3. The number of hydrogen-bond acceptors (Lipinski definition) is 7. The van der Waals surface area contributed by atoms with Gasteiger partial charge in [-0.25, -0.2) is 4.79 Å². The van der Waals surface area contributed by atoms with Crippen LogP contribution in [0.25, 0.3) is 0 Å². The fourth-order valence-corrected chi connectivity index (χ4v) is 2.77. The van der Waals surface area contributed by atoms with Gasteiger partial charge in [0, 0.05) is 11.8 Å². The number of alkyl halides is 3. The maximum absolute atomic E-state index is 12.1. The van der Waals surface area contributed by atoms with Crippen molar-refractivity contribution in [2.24, 2.45) is 0 Å². The van der Waals surface area contributed by atoms with Crippen LogP contribution in [0.3, 0.4) is 0 Å². The molecule has 29 heavy (non-hydrogen) atoms. The number of aromatic nitrogens is 2. The molecule has 1 aromatic heterocycles. The number of aliphatic hydroxyl groups excluding tert-OH is 2. The highest BCUT2D eigenvalue weighted by molar-refractivity contribution is 5.87. The zero-order chi connectivity index (χ0) is 22.0. The molecule has 14 heteroatoms. The summed E-state index contributed by atoms with van der Waals surface area (Å²) >= 11 is 0. The van der Waals surface area contributed by atoms with Crippen LogP contribution in [-0.2, 0) is 14.3 Å². The number of nitrogens with one attached hydrogen (secondary N) is 3. The van der Waals surface area contributed by atoms with Crippen LogP contribution < -0.4 is 21.9 Å². The lowest BCUT2D eigenvalue weighted by Crippen LogP contribution is -2.55. The van der Waals surface area contributed by atoms with Crippen LogP contribution in [0.2, 0.25) is 0 Å². The Balaban J connectivity index is 2.06. The summed E-state index contributed by atoms with van der Waals surface area (Å²) in [5.41, 5.74) is -2.99. The predicted octanol–water partition coefficient (Wildman–Crippen LogP) is -2.70. The van der Waals surface area contributed by atoms with Crippen molar-refractivity contribution in [3.05, 3.63) is 32.6 Å². The fourth-order valence-electron chi connectivity index (χ4n) is 2.77. The molecule has 2 unspecified atom stereocenters. The van der Waals surface area contributed by atoms with Crippen molar-refractivity contribution in [2.45, 2.75) is 30.8 Å². The Morgan fingerprint density at radius 2 is 2.03 bits per heavy atom. The molecule has 2 heterocycles. The number of H-pyrrole nitrogens is 1. The average Bonchev–Trinajstić information content (AvgIpc) is 2.97. The van der Waals surface area contributed by atoms with Crippen LogP contribution in [0, 0.1) is 6.92 Å². The number of amides is 2. The van der Waals surface area contributed by atoms with Crippen LogP contribution in [0.4, 0.5) is 13.2 Å². The topological polar surface area (TPSA) is 163 Å². The fraction of sp³-hybridized carbons (Fsp3) is 0.600. The number of aliphatic hydroxyl groups is 2. The summed E-state index contributed by atoms with van der Waals surface area (Å²) in [5, 5.41) is 23.7. The number of carbonyl (C=O) groups excluding carboxylic acids is 2. The van der Waals surface area contributed by atoms with E-state index in [9.17, 15) is 42.6 Å². The molecule has 162 valence electrons. The molecule has 11 nitrogen and oxygen atoms in total. The SMILES string of the molecule is Cc1cn(C2CO[C@@](CO)(CNC(=O)CNC(=O)C(F)(F)F)C2O)c(=O)[nH]c1=O. The molecule has 0 radical (unpaired) electrons. The highest BCUT2D eigenvalue weighted by Crippen LogP contribution is 2.32. The summed E-state index contributed by atoms with van der Waals surface area (Å²) in [6, 6.07) is -1.01. The Kier molecular flexibility index (Phi) is 6.50. The van der Waals surface area contributed by atoms with Crippen molar-refractivity contribution in [3.63, 3.8) is 0 Å². The quantitative estimate of drug-likeness (QED) is 0.332. The molecule has 1 fully saturated rings. The highest BCUT2D eigenvalue weighted by Gasteiger charge is 2.50. The summed E-state index contributed by atoms with van der Waals surface area (Å²) < 4.78 is 42.7. The maximum atomic E-state index is 12.1. The molecule has 0 bridgehead atoms. The molecule has 3 atom stereocenters. The molecule has 1 saturated heterocycles. The maximum Gasteiger partial charge on any atom is 0.471 e. The third-order valence-electron chi connectivity index (χ3n) is 4.47. The minimum Gasteiger partial charge on any atom is -0.393 e. The summed E-state index contributed by atoms with van der Waals surface area (Å²) in [6.07, 6.45) is -5.45. The Labute approximate surface area is 160 Å². The van der Waals surface area contributed by atoms with E-state index in [4.69, 9.17) is 4.74 Å². The minimum atomic E-state index is -5.15. The molecule has 1 aromatic rings. The molecule has 0 aliphatic carbocycles. The number of ether oxygens (including phenoxy) is 1. The smallest absolute Gasteiger partial charge is 0.393 e. The number of carbonyl (C=O) groups is 2. The molecule has 5 N–H and O–H groups in total. The van der Waals surface area contributed by atoms with E-state index in [0.29, 0.717) is 0 Å². The lowest BCUT2D eigenvalue weighted by molar-refractivity contribution is -0.173. The minimum absolute atomic E-state index is 0.187. The van der Waals surface area contributed by atoms with E-state index in [1.165, 1.54) is 18.4 Å². The second kappa shape index (κ2) is 8.34. The first-order valence-corrected chi connectivity index (χ1v) is 8.28. The van der Waals surface area contributed by atoms with Crippen LogP contribution in [-0.4, -0.2) is 75.8 Å². The van der Waals surface area contributed by atoms with Gasteiger partial charge in [0.25, 0.3) is 5.56 Å². The normalized spacial score (nSPS) is 24.3. The van der Waals surface area contributed by atoms with E-state index in [1.54, 1.807) is 0 Å². The second-order valence-electron chi connectivity index (χ2n) is 6.48. The van der Waals surface area contributed by atoms with Crippen molar-refractivity contribution in [1.29, 1.82) is 0 Å². The van der Waals surface area contributed by atoms with Crippen LogP contribution in [0.15, 0.2) is 15.8 Å². The van der Waals surface area contributed by atoms with Gasteiger partial charge in [-0.3, -0.25) is 23.9 Å². The van der Waals surface area contributed by atoms with Crippen LogP contribution >= 0.6 is 0 Å². The van der Waals surface area contributed by atoms with Gasteiger partial charge in [0.15, 0.2) is 0 Å². The van der Waals surface area contributed by atoms with Gasteiger partial charge in [-0.05, 0) is 6.92 Å². The standard InChI is InChI=1S/C15H19F3N4O7/c1-7-3-22(13(28)21-11(7)26)8-4-29-14(6-23,10(8)25)5-20-9(24)2-19-12(27)15(16,17)18/h3,8,10,23,25H,2,4-6H2,1H3,(H,19,27)(H,20,24)(H,21,26,28)/t8?,10?,14-/m1/s1. The third kappa shape index (κ3) is 4.83. The Bertz CT molecular complexity index is 897. The number of aromatic amines is 1. The molecule has 0 aromatic carbocycles. The molecule has 2 rings (SSSR count). The molecule has 2 amide bonds. The van der Waals surface area contributed by atoms with E-state index >= 15 is 0 Å². The van der Waals surface area contributed by atoms with Crippen molar-refractivity contribution in [1.82, 2.24) is 20.2 Å². The third-order valence-corrected chi connectivity index (χ3v) is 4.47. The van der Waals surface area contributed by atoms with Gasteiger partial charge in [0.05, 0.1) is 32.3 Å². The van der Waals surface area contributed by atoms with Crippen LogP contribution in [0.1, 0.15) is 11.6 Å². The van der Waals surface area contributed by atoms with Gasteiger partial charge in [0.2, 0.25) is 5.91 Å². The number of nitrogens with zero attached hydrogens (tertiary/aromatic N) is 1. The van der Waals surface area contributed by atoms with E-state index in [-0.39, 0.29) is 12.2 Å². The summed E-state index contributed by atoms with van der Waals surface area (Å²) in [7, 11) is 0. The highest BCUT2D eigenvalue weighted by atomic mass is 19.4. The average molecular weight is 424 g/mol. The first-order valence-electron chi connectivity index (χ1n) is 8.28. The molecular weight excluding hydrogens is 405 g/mol. The Hall–Kier alpha value is -2.71. The van der Waals surface area contributed by atoms with Gasteiger partial charge in [-0.15, -0.1) is 0 Å². The van der Waals surface area contributed by atoms with Gasteiger partial charge < -0.3 is 25.6 Å². The predicted molar refractivity (Wildman–Crippen MR) is 88.9 cm³/mol. The van der Waals surface area contributed by atoms with Gasteiger partial charge >= 0.3 is 17.8 Å². The van der Waals surface area contributed by atoms with Gasteiger partial charge in [-0.1, -0.05) is 0 Å². The molecule has 1 aliphatic rings.